The minimum absolute atomic E-state index is 0.500. The van der Waals surface area contributed by atoms with Crippen molar-refractivity contribution < 1.29 is 36.2 Å². The summed E-state index contributed by atoms with van der Waals surface area (Å²) in [6, 6.07) is 2.20. The molecule has 1 aromatic rings. The molecule has 0 saturated carbocycles. The van der Waals surface area contributed by atoms with E-state index in [0.29, 0.717) is 6.07 Å². The highest BCUT2D eigenvalue weighted by Gasteiger charge is 2.41. The third-order valence-corrected chi connectivity index (χ3v) is 2.21. The van der Waals surface area contributed by atoms with Gasteiger partial charge in [0, 0.05) is 5.56 Å². The number of hydrogen-bond acceptors (Lipinski definition) is 2. The molecule has 0 bridgehead atoms. The van der Waals surface area contributed by atoms with E-state index in [4.69, 9.17) is 0 Å². The van der Waals surface area contributed by atoms with Crippen LogP contribution in [0.25, 0.3) is 0 Å². The van der Waals surface area contributed by atoms with Gasteiger partial charge in [-0.05, 0) is 18.2 Å². The molecule has 19 heavy (non-hydrogen) atoms. The van der Waals surface area contributed by atoms with Gasteiger partial charge in [0.15, 0.2) is 0 Å². The molecule has 0 saturated heterocycles. The molecule has 0 spiro atoms. The third kappa shape index (κ3) is 4.39. The molecular weight excluding hydrogens is 278 g/mol. The Bertz CT molecular complexity index is 424. The van der Waals surface area contributed by atoms with Crippen molar-refractivity contribution in [3.05, 3.63) is 35.4 Å². The van der Waals surface area contributed by atoms with Gasteiger partial charge in [-0.1, -0.05) is 0 Å². The molecule has 0 radical (unpaired) electrons. The lowest BCUT2D eigenvalue weighted by atomic mass is 10.1. The summed E-state index contributed by atoms with van der Waals surface area (Å²) in [6.07, 6.45) is -5.64. The fraction of sp³-hybridized carbons (Fsp3) is 0.455. The zero-order chi connectivity index (χ0) is 14.6. The molecule has 1 aromatic carbocycles. The Morgan fingerprint density at radius 2 is 1.84 bits per heavy atom. The first-order valence-electron chi connectivity index (χ1n) is 5.11. The maximum atomic E-state index is 13.2. The van der Waals surface area contributed by atoms with Crippen LogP contribution in [0.4, 0.5) is 26.3 Å². The van der Waals surface area contributed by atoms with Gasteiger partial charge in [-0.15, -0.1) is 0 Å². The van der Waals surface area contributed by atoms with Crippen LogP contribution in [-0.2, 0) is 4.74 Å². The summed E-state index contributed by atoms with van der Waals surface area (Å²) in [6.45, 7) is -2.48. The molecule has 0 fully saturated rings. The minimum Gasteiger partial charge on any atom is -0.386 e. The van der Waals surface area contributed by atoms with Gasteiger partial charge in [-0.2, -0.15) is 8.78 Å². The van der Waals surface area contributed by atoms with Crippen molar-refractivity contribution in [1.82, 2.24) is 0 Å². The molecule has 2 nitrogen and oxygen atoms in total. The normalized spacial score (nSPS) is 13.9. The summed E-state index contributed by atoms with van der Waals surface area (Å²) in [5.74, 6) is -6.16. The number of alkyl halides is 4. The Labute approximate surface area is 104 Å². The van der Waals surface area contributed by atoms with Crippen LogP contribution < -0.4 is 0 Å². The van der Waals surface area contributed by atoms with Crippen molar-refractivity contribution in [2.75, 3.05) is 13.2 Å². The average molecular weight is 288 g/mol. The topological polar surface area (TPSA) is 29.5 Å². The second-order valence-corrected chi connectivity index (χ2v) is 3.76. The van der Waals surface area contributed by atoms with Crippen LogP contribution in [0.1, 0.15) is 11.7 Å². The van der Waals surface area contributed by atoms with E-state index < -0.39 is 48.9 Å². The van der Waals surface area contributed by atoms with E-state index in [9.17, 15) is 31.4 Å². The molecule has 8 heteroatoms. The number of benzene rings is 1. The summed E-state index contributed by atoms with van der Waals surface area (Å²) >= 11 is 0. The van der Waals surface area contributed by atoms with E-state index in [-0.39, 0.29) is 0 Å². The Balaban J connectivity index is 2.56. The molecule has 0 heterocycles. The Kier molecular flexibility index (Phi) is 5.19. The molecule has 1 unspecified atom stereocenters. The zero-order valence-corrected chi connectivity index (χ0v) is 9.42. The molecule has 0 aromatic heterocycles. The van der Waals surface area contributed by atoms with Crippen molar-refractivity contribution in [2.24, 2.45) is 0 Å². The van der Waals surface area contributed by atoms with E-state index >= 15 is 0 Å². The zero-order valence-electron chi connectivity index (χ0n) is 9.42. The van der Waals surface area contributed by atoms with Crippen molar-refractivity contribution >= 4 is 0 Å². The number of halogens is 6. The average Bonchev–Trinajstić information content (AvgIpc) is 2.31. The van der Waals surface area contributed by atoms with E-state index in [1.54, 1.807) is 0 Å². The van der Waals surface area contributed by atoms with E-state index in [1.807, 2.05) is 0 Å². The van der Waals surface area contributed by atoms with Gasteiger partial charge in [0.1, 0.15) is 24.3 Å². The van der Waals surface area contributed by atoms with E-state index in [0.717, 1.165) is 12.1 Å². The number of ether oxygens (including phenoxy) is 1. The fourth-order valence-electron chi connectivity index (χ4n) is 1.23. The van der Waals surface area contributed by atoms with Crippen LogP contribution in [0.15, 0.2) is 18.2 Å². The second-order valence-electron chi connectivity index (χ2n) is 3.76. The van der Waals surface area contributed by atoms with Crippen molar-refractivity contribution in [1.29, 1.82) is 0 Å². The SMILES string of the molecule is OC(COCC(F)(F)C(F)F)c1cc(F)ccc1F. The molecule has 1 N–H and O–H groups in total. The number of aliphatic hydroxyl groups is 1. The summed E-state index contributed by atoms with van der Waals surface area (Å²) < 4.78 is 78.6. The quantitative estimate of drug-likeness (QED) is 0.816. The maximum Gasteiger partial charge on any atom is 0.330 e. The monoisotopic (exact) mass is 288 g/mol. The van der Waals surface area contributed by atoms with Crippen molar-refractivity contribution in [3.8, 4) is 0 Å². The summed E-state index contributed by atoms with van der Waals surface area (Å²) in [4.78, 5) is 0. The molecule has 0 aliphatic rings. The van der Waals surface area contributed by atoms with Gasteiger partial charge < -0.3 is 9.84 Å². The Morgan fingerprint density at radius 3 is 2.42 bits per heavy atom. The summed E-state index contributed by atoms with van der Waals surface area (Å²) in [7, 11) is 0. The number of aliphatic hydroxyl groups excluding tert-OH is 1. The highest BCUT2D eigenvalue weighted by molar-refractivity contribution is 5.21. The highest BCUT2D eigenvalue weighted by Crippen LogP contribution is 2.24. The van der Waals surface area contributed by atoms with Gasteiger partial charge in [0.05, 0.1) is 6.61 Å². The number of rotatable bonds is 6. The summed E-state index contributed by atoms with van der Waals surface area (Å²) in [5, 5.41) is 9.40. The van der Waals surface area contributed by atoms with Crippen LogP contribution in [0, 0.1) is 11.6 Å². The Hall–Kier alpha value is -1.28. The first kappa shape index (κ1) is 15.8. The molecule has 1 rings (SSSR count). The maximum absolute atomic E-state index is 13.2. The predicted octanol–water partition coefficient (Wildman–Crippen LogP) is 2.92. The fourth-order valence-corrected chi connectivity index (χ4v) is 1.23. The molecule has 108 valence electrons. The second kappa shape index (κ2) is 6.25. The molecular formula is C11H10F6O2. The predicted molar refractivity (Wildman–Crippen MR) is 53.1 cm³/mol. The van der Waals surface area contributed by atoms with E-state index in [1.165, 1.54) is 0 Å². The molecule has 1 atom stereocenters. The van der Waals surface area contributed by atoms with Crippen LogP contribution in [0.3, 0.4) is 0 Å². The van der Waals surface area contributed by atoms with Crippen molar-refractivity contribution in [3.63, 3.8) is 0 Å². The van der Waals surface area contributed by atoms with Crippen LogP contribution in [0.2, 0.25) is 0 Å². The molecule has 0 aliphatic carbocycles. The van der Waals surface area contributed by atoms with Crippen molar-refractivity contribution in [2.45, 2.75) is 18.5 Å². The minimum atomic E-state index is -4.36. The van der Waals surface area contributed by atoms with Gasteiger partial charge >= 0.3 is 12.3 Å². The largest absolute Gasteiger partial charge is 0.386 e. The van der Waals surface area contributed by atoms with E-state index in [2.05, 4.69) is 4.74 Å². The third-order valence-electron chi connectivity index (χ3n) is 2.21. The standard InChI is InChI=1S/C11H10F6O2/c12-6-1-2-8(13)7(3-6)9(18)4-19-5-11(16,17)10(14)15/h1-3,9-10,18H,4-5H2. The van der Waals surface area contributed by atoms with Gasteiger partial charge in [-0.3, -0.25) is 0 Å². The van der Waals surface area contributed by atoms with Gasteiger partial charge in [0.25, 0.3) is 0 Å². The Morgan fingerprint density at radius 1 is 1.21 bits per heavy atom. The first-order valence-corrected chi connectivity index (χ1v) is 5.11. The lowest BCUT2D eigenvalue weighted by Crippen LogP contribution is -2.33. The lowest BCUT2D eigenvalue weighted by molar-refractivity contribution is -0.170. The smallest absolute Gasteiger partial charge is 0.330 e. The van der Waals surface area contributed by atoms with Gasteiger partial charge in [-0.25, -0.2) is 17.6 Å². The molecule has 0 amide bonds. The van der Waals surface area contributed by atoms with Gasteiger partial charge in [0.2, 0.25) is 0 Å². The highest BCUT2D eigenvalue weighted by atomic mass is 19.3. The number of hydrogen-bond donors (Lipinski definition) is 1. The lowest BCUT2D eigenvalue weighted by Gasteiger charge is -2.17. The summed E-state index contributed by atoms with van der Waals surface area (Å²) in [5.41, 5.74) is -0.500. The van der Waals surface area contributed by atoms with Crippen LogP contribution in [0.5, 0.6) is 0 Å². The molecule has 0 aliphatic heterocycles. The van der Waals surface area contributed by atoms with Crippen LogP contribution in [-0.4, -0.2) is 30.7 Å². The first-order chi connectivity index (χ1) is 8.74. The van der Waals surface area contributed by atoms with Crippen LogP contribution >= 0.6 is 0 Å².